The smallest absolute Gasteiger partial charge is 0.103 e. The van der Waals surface area contributed by atoms with E-state index in [0.717, 1.165) is 31.7 Å². The number of rotatable bonds is 7. The van der Waals surface area contributed by atoms with Crippen LogP contribution in [0.3, 0.4) is 0 Å². The second-order valence-corrected chi connectivity index (χ2v) is 5.00. The Bertz CT molecular complexity index is 607. The molecule has 0 amide bonds. The molecule has 0 bridgehead atoms. The average molecular weight is 301 g/mol. The van der Waals surface area contributed by atoms with E-state index >= 15 is 0 Å². The normalized spacial score (nSPS) is 10.1. The first-order chi connectivity index (χ1) is 10.3. The molecular formula is C16H17ClN4. The number of benzene rings is 1. The SMILES string of the molecule is N#Cc1c(Cl)cccc1NCCCNCc1cccnc1. The van der Waals surface area contributed by atoms with E-state index < -0.39 is 0 Å². The van der Waals surface area contributed by atoms with Crippen LogP contribution in [0.4, 0.5) is 5.69 Å². The number of nitrogens with one attached hydrogen (secondary N) is 2. The molecule has 0 aliphatic heterocycles. The zero-order chi connectivity index (χ0) is 14.9. The predicted molar refractivity (Wildman–Crippen MR) is 85.2 cm³/mol. The fourth-order valence-electron chi connectivity index (χ4n) is 1.96. The van der Waals surface area contributed by atoms with Gasteiger partial charge in [-0.3, -0.25) is 4.98 Å². The van der Waals surface area contributed by atoms with Crippen molar-refractivity contribution in [1.29, 1.82) is 5.26 Å². The molecule has 5 heteroatoms. The monoisotopic (exact) mass is 300 g/mol. The topological polar surface area (TPSA) is 60.7 Å². The number of halogens is 1. The molecule has 21 heavy (non-hydrogen) atoms. The highest BCUT2D eigenvalue weighted by molar-refractivity contribution is 6.32. The van der Waals surface area contributed by atoms with Crippen molar-refractivity contribution >= 4 is 17.3 Å². The Kier molecular flexibility index (Phi) is 6.01. The fourth-order valence-corrected chi connectivity index (χ4v) is 2.17. The molecule has 0 fully saturated rings. The molecule has 0 radical (unpaired) electrons. The molecule has 108 valence electrons. The summed E-state index contributed by atoms with van der Waals surface area (Å²) in [4.78, 5) is 4.07. The maximum Gasteiger partial charge on any atom is 0.103 e. The van der Waals surface area contributed by atoms with Crippen LogP contribution < -0.4 is 10.6 Å². The minimum atomic E-state index is 0.484. The van der Waals surface area contributed by atoms with Gasteiger partial charge in [0.15, 0.2) is 0 Å². The molecule has 2 aromatic rings. The molecule has 0 unspecified atom stereocenters. The van der Waals surface area contributed by atoms with Crippen molar-refractivity contribution < 1.29 is 0 Å². The first-order valence-electron chi connectivity index (χ1n) is 6.83. The van der Waals surface area contributed by atoms with Crippen molar-refractivity contribution in [2.24, 2.45) is 0 Å². The molecule has 1 aromatic carbocycles. The lowest BCUT2D eigenvalue weighted by molar-refractivity contribution is 0.662. The Labute approximate surface area is 129 Å². The number of pyridine rings is 1. The number of hydrogen-bond donors (Lipinski definition) is 2. The molecule has 4 nitrogen and oxygen atoms in total. The van der Waals surface area contributed by atoms with Crippen LogP contribution in [0, 0.1) is 11.3 Å². The van der Waals surface area contributed by atoms with Crippen LogP contribution in [0.1, 0.15) is 17.5 Å². The third-order valence-corrected chi connectivity index (χ3v) is 3.34. The molecule has 0 saturated carbocycles. The zero-order valence-corrected chi connectivity index (χ0v) is 12.4. The quantitative estimate of drug-likeness (QED) is 0.771. The van der Waals surface area contributed by atoms with E-state index in [1.165, 1.54) is 5.56 Å². The van der Waals surface area contributed by atoms with E-state index in [1.807, 2.05) is 30.5 Å². The van der Waals surface area contributed by atoms with Crippen molar-refractivity contribution in [3.63, 3.8) is 0 Å². The Morgan fingerprint density at radius 1 is 1.19 bits per heavy atom. The van der Waals surface area contributed by atoms with Crippen molar-refractivity contribution in [2.45, 2.75) is 13.0 Å². The molecule has 1 aromatic heterocycles. The molecule has 1 heterocycles. The molecule has 2 rings (SSSR count). The van der Waals surface area contributed by atoms with Gasteiger partial charge in [0.1, 0.15) is 6.07 Å². The van der Waals surface area contributed by atoms with E-state index in [2.05, 4.69) is 21.7 Å². The minimum Gasteiger partial charge on any atom is -0.384 e. The summed E-state index contributed by atoms with van der Waals surface area (Å²) in [7, 11) is 0. The molecule has 2 N–H and O–H groups in total. The van der Waals surface area contributed by atoms with Crippen LogP contribution in [0.15, 0.2) is 42.7 Å². The number of hydrogen-bond acceptors (Lipinski definition) is 4. The summed E-state index contributed by atoms with van der Waals surface area (Å²) in [5, 5.41) is 16.2. The van der Waals surface area contributed by atoms with E-state index in [9.17, 15) is 0 Å². The van der Waals surface area contributed by atoms with Crippen molar-refractivity contribution in [1.82, 2.24) is 10.3 Å². The van der Waals surface area contributed by atoms with Gasteiger partial charge >= 0.3 is 0 Å². The Hall–Kier alpha value is -2.09. The summed E-state index contributed by atoms with van der Waals surface area (Å²) >= 11 is 5.98. The van der Waals surface area contributed by atoms with Gasteiger partial charge in [-0.15, -0.1) is 0 Å². The summed E-state index contributed by atoms with van der Waals surface area (Å²) in [6, 6.07) is 11.5. The molecular weight excluding hydrogens is 284 g/mol. The number of nitrogens with zero attached hydrogens (tertiary/aromatic N) is 2. The summed E-state index contributed by atoms with van der Waals surface area (Å²) in [6.07, 6.45) is 4.58. The highest BCUT2D eigenvalue weighted by Gasteiger charge is 2.04. The van der Waals surface area contributed by atoms with Crippen LogP contribution in [-0.4, -0.2) is 18.1 Å². The second kappa shape index (κ2) is 8.25. The largest absolute Gasteiger partial charge is 0.384 e. The third-order valence-electron chi connectivity index (χ3n) is 3.02. The number of aromatic nitrogens is 1. The lowest BCUT2D eigenvalue weighted by Crippen LogP contribution is -2.17. The van der Waals surface area contributed by atoms with Crippen molar-refractivity contribution in [3.05, 3.63) is 58.9 Å². The van der Waals surface area contributed by atoms with Gasteiger partial charge in [0.2, 0.25) is 0 Å². The highest BCUT2D eigenvalue weighted by atomic mass is 35.5. The van der Waals surface area contributed by atoms with E-state index in [0.29, 0.717) is 10.6 Å². The molecule has 0 aliphatic rings. The van der Waals surface area contributed by atoms with Crippen LogP contribution in [0.25, 0.3) is 0 Å². The van der Waals surface area contributed by atoms with Crippen LogP contribution in [0.5, 0.6) is 0 Å². The standard InChI is InChI=1S/C16H17ClN4/c17-15-5-1-6-16(14(15)10-18)21-9-3-8-20-12-13-4-2-7-19-11-13/h1-2,4-7,11,20-21H,3,8-9,12H2. The minimum absolute atomic E-state index is 0.484. The lowest BCUT2D eigenvalue weighted by Gasteiger charge is -2.09. The Morgan fingerprint density at radius 3 is 2.86 bits per heavy atom. The van der Waals surface area contributed by atoms with Gasteiger partial charge in [0.05, 0.1) is 16.3 Å². The number of nitriles is 1. The first-order valence-corrected chi connectivity index (χ1v) is 7.21. The van der Waals surface area contributed by atoms with Gasteiger partial charge in [-0.05, 0) is 36.7 Å². The van der Waals surface area contributed by atoms with E-state index in [1.54, 1.807) is 12.3 Å². The molecule has 0 aliphatic carbocycles. The van der Waals surface area contributed by atoms with Gasteiger partial charge in [0, 0.05) is 25.5 Å². The number of anilines is 1. The van der Waals surface area contributed by atoms with Crippen LogP contribution in [-0.2, 0) is 6.54 Å². The van der Waals surface area contributed by atoms with Gasteiger partial charge in [-0.1, -0.05) is 23.7 Å². The van der Waals surface area contributed by atoms with Crippen LogP contribution in [0.2, 0.25) is 5.02 Å². The summed E-state index contributed by atoms with van der Waals surface area (Å²) in [5.41, 5.74) is 2.46. The van der Waals surface area contributed by atoms with Gasteiger partial charge in [0.25, 0.3) is 0 Å². The Morgan fingerprint density at radius 2 is 2.10 bits per heavy atom. The van der Waals surface area contributed by atoms with Gasteiger partial charge in [-0.2, -0.15) is 5.26 Å². The van der Waals surface area contributed by atoms with Crippen molar-refractivity contribution in [3.8, 4) is 6.07 Å². The third kappa shape index (κ3) is 4.75. The zero-order valence-electron chi connectivity index (χ0n) is 11.6. The summed E-state index contributed by atoms with van der Waals surface area (Å²) in [5.74, 6) is 0. The maximum absolute atomic E-state index is 9.07. The van der Waals surface area contributed by atoms with Crippen molar-refractivity contribution in [2.75, 3.05) is 18.4 Å². The molecule has 0 spiro atoms. The van der Waals surface area contributed by atoms with Crippen LogP contribution >= 0.6 is 11.6 Å². The molecule has 0 atom stereocenters. The summed E-state index contributed by atoms with van der Waals surface area (Å²) < 4.78 is 0. The fraction of sp³-hybridized carbons (Fsp3) is 0.250. The van der Waals surface area contributed by atoms with E-state index in [4.69, 9.17) is 16.9 Å². The summed E-state index contributed by atoms with van der Waals surface area (Å²) in [6.45, 7) is 2.49. The lowest BCUT2D eigenvalue weighted by atomic mass is 10.2. The van der Waals surface area contributed by atoms with Gasteiger partial charge in [-0.25, -0.2) is 0 Å². The highest BCUT2D eigenvalue weighted by Crippen LogP contribution is 2.22. The first kappa shape index (κ1) is 15.3. The average Bonchev–Trinajstić information content (AvgIpc) is 2.52. The molecule has 0 saturated heterocycles. The maximum atomic E-state index is 9.07. The predicted octanol–water partition coefficient (Wildman–Crippen LogP) is 3.20. The Balaban J connectivity index is 1.69. The van der Waals surface area contributed by atoms with Gasteiger partial charge < -0.3 is 10.6 Å². The second-order valence-electron chi connectivity index (χ2n) is 4.59. The van der Waals surface area contributed by atoms with E-state index in [-0.39, 0.29) is 0 Å².